The van der Waals surface area contributed by atoms with Gasteiger partial charge in [0.1, 0.15) is 17.2 Å². The first-order valence-electron chi connectivity index (χ1n) is 5.91. The van der Waals surface area contributed by atoms with Gasteiger partial charge in [-0.1, -0.05) is 17.3 Å². The van der Waals surface area contributed by atoms with E-state index in [0.717, 1.165) is 17.0 Å². The van der Waals surface area contributed by atoms with Crippen molar-refractivity contribution in [2.24, 2.45) is 0 Å². The zero-order valence-corrected chi connectivity index (χ0v) is 11.0. The molecule has 0 aliphatic carbocycles. The minimum Gasteiger partial charge on any atom is -0.312 e. The molecule has 4 nitrogen and oxygen atoms in total. The Morgan fingerprint density at radius 2 is 2.06 bits per heavy atom. The van der Waals surface area contributed by atoms with Gasteiger partial charge in [0.05, 0.1) is 11.7 Å². The molecule has 0 radical (unpaired) electrons. The monoisotopic (exact) mass is 248 g/mol. The fourth-order valence-corrected chi connectivity index (χ4v) is 1.98. The van der Waals surface area contributed by atoms with Crippen LogP contribution in [0.1, 0.15) is 29.9 Å². The number of aryl methyl sites for hydroxylation is 1. The zero-order valence-electron chi connectivity index (χ0n) is 11.0. The van der Waals surface area contributed by atoms with Crippen molar-refractivity contribution < 1.29 is 4.39 Å². The number of aromatic nitrogens is 3. The van der Waals surface area contributed by atoms with Crippen LogP contribution in [0.25, 0.3) is 5.69 Å². The van der Waals surface area contributed by atoms with E-state index in [9.17, 15) is 4.39 Å². The summed E-state index contributed by atoms with van der Waals surface area (Å²) in [6.45, 7) is 5.76. The normalized spacial score (nSPS) is 12.7. The summed E-state index contributed by atoms with van der Waals surface area (Å²) in [6, 6.07) is 5.08. The lowest BCUT2D eigenvalue weighted by atomic mass is 10.1. The highest BCUT2D eigenvalue weighted by Crippen LogP contribution is 2.22. The molecule has 1 aromatic heterocycles. The summed E-state index contributed by atoms with van der Waals surface area (Å²) in [4.78, 5) is 0. The molecular weight excluding hydrogens is 231 g/mol. The van der Waals surface area contributed by atoms with E-state index < -0.39 is 0 Å². The summed E-state index contributed by atoms with van der Waals surface area (Å²) in [5.74, 6) is -0.285. The van der Waals surface area contributed by atoms with Gasteiger partial charge in [0.25, 0.3) is 0 Å². The molecule has 0 saturated heterocycles. The Morgan fingerprint density at radius 1 is 1.33 bits per heavy atom. The van der Waals surface area contributed by atoms with Crippen LogP contribution in [0.15, 0.2) is 18.2 Å². The Morgan fingerprint density at radius 3 is 2.67 bits per heavy atom. The minimum atomic E-state index is -0.285. The van der Waals surface area contributed by atoms with Crippen LogP contribution in [0, 0.1) is 19.7 Å². The molecule has 1 N–H and O–H groups in total. The highest BCUT2D eigenvalue weighted by molar-refractivity contribution is 5.42. The van der Waals surface area contributed by atoms with Gasteiger partial charge in [-0.3, -0.25) is 0 Å². The molecular formula is C13H17FN4. The topological polar surface area (TPSA) is 42.7 Å². The molecule has 0 fully saturated rings. The summed E-state index contributed by atoms with van der Waals surface area (Å²) in [6.07, 6.45) is 0. The second-order valence-corrected chi connectivity index (χ2v) is 4.39. The van der Waals surface area contributed by atoms with Gasteiger partial charge in [0, 0.05) is 0 Å². The predicted octanol–water partition coefficient (Wildman–Crippen LogP) is 2.30. The molecule has 5 heteroatoms. The highest BCUT2D eigenvalue weighted by Gasteiger charge is 2.17. The molecule has 0 bridgehead atoms. The molecule has 0 aliphatic rings. The van der Waals surface area contributed by atoms with Crippen LogP contribution in [-0.4, -0.2) is 22.0 Å². The third-order valence-electron chi connectivity index (χ3n) is 3.17. The third kappa shape index (κ3) is 2.01. The van der Waals surface area contributed by atoms with Crippen LogP contribution in [0.3, 0.4) is 0 Å². The first-order valence-corrected chi connectivity index (χ1v) is 5.91. The van der Waals surface area contributed by atoms with Crippen molar-refractivity contribution in [3.63, 3.8) is 0 Å². The van der Waals surface area contributed by atoms with Crippen molar-refractivity contribution in [1.82, 2.24) is 20.3 Å². The lowest BCUT2D eigenvalue weighted by Crippen LogP contribution is -2.14. The van der Waals surface area contributed by atoms with Crippen molar-refractivity contribution >= 4 is 0 Å². The van der Waals surface area contributed by atoms with Crippen molar-refractivity contribution in [3.05, 3.63) is 41.0 Å². The van der Waals surface area contributed by atoms with E-state index in [2.05, 4.69) is 15.6 Å². The number of benzene rings is 1. The second-order valence-electron chi connectivity index (χ2n) is 4.39. The Hall–Kier alpha value is -1.75. The largest absolute Gasteiger partial charge is 0.312 e. The van der Waals surface area contributed by atoms with E-state index in [4.69, 9.17) is 0 Å². The van der Waals surface area contributed by atoms with Gasteiger partial charge < -0.3 is 5.32 Å². The Labute approximate surface area is 106 Å². The van der Waals surface area contributed by atoms with Gasteiger partial charge in [-0.25, -0.2) is 9.07 Å². The third-order valence-corrected chi connectivity index (χ3v) is 3.17. The van der Waals surface area contributed by atoms with Crippen LogP contribution in [-0.2, 0) is 0 Å². The summed E-state index contributed by atoms with van der Waals surface area (Å²) < 4.78 is 15.5. The molecule has 18 heavy (non-hydrogen) atoms. The fraction of sp³-hybridized carbons (Fsp3) is 0.385. The molecule has 0 spiro atoms. The van der Waals surface area contributed by atoms with Crippen LogP contribution in [0.5, 0.6) is 0 Å². The predicted molar refractivity (Wildman–Crippen MR) is 68.3 cm³/mol. The summed E-state index contributed by atoms with van der Waals surface area (Å²) in [5.41, 5.74) is 2.99. The van der Waals surface area contributed by atoms with Gasteiger partial charge >= 0.3 is 0 Å². The van der Waals surface area contributed by atoms with Crippen LogP contribution < -0.4 is 5.32 Å². The maximum Gasteiger partial charge on any atom is 0.149 e. The van der Waals surface area contributed by atoms with Crippen molar-refractivity contribution in [2.75, 3.05) is 7.05 Å². The molecule has 96 valence electrons. The Balaban J connectivity index is 2.56. The smallest absolute Gasteiger partial charge is 0.149 e. The van der Waals surface area contributed by atoms with Crippen molar-refractivity contribution in [3.8, 4) is 5.69 Å². The highest BCUT2D eigenvalue weighted by atomic mass is 19.1. The maximum absolute atomic E-state index is 13.9. The molecule has 0 amide bonds. The molecule has 0 aliphatic heterocycles. The van der Waals surface area contributed by atoms with Gasteiger partial charge in [-0.2, -0.15) is 0 Å². The molecule has 1 aromatic carbocycles. The molecule has 2 rings (SSSR count). The number of para-hydroxylation sites is 1. The van der Waals surface area contributed by atoms with E-state index in [1.54, 1.807) is 10.7 Å². The zero-order chi connectivity index (χ0) is 13.3. The van der Waals surface area contributed by atoms with E-state index in [-0.39, 0.29) is 11.9 Å². The number of hydrogen-bond donors (Lipinski definition) is 1. The van der Waals surface area contributed by atoms with E-state index >= 15 is 0 Å². The van der Waals surface area contributed by atoms with E-state index in [1.165, 1.54) is 6.07 Å². The summed E-state index contributed by atoms with van der Waals surface area (Å²) >= 11 is 0. The Kier molecular flexibility index (Phi) is 3.43. The van der Waals surface area contributed by atoms with Crippen molar-refractivity contribution in [2.45, 2.75) is 26.8 Å². The second kappa shape index (κ2) is 4.86. The number of nitrogens with one attached hydrogen (secondary N) is 1. The fourth-order valence-electron chi connectivity index (χ4n) is 1.98. The summed E-state index contributed by atoms with van der Waals surface area (Å²) in [5, 5.41) is 11.3. The SMILES string of the molecule is CNC(C)c1nnn(-c2c(C)cccc2F)c1C. The standard InChI is InChI=1S/C13H17FN4/c1-8-6-5-7-11(14)13(8)18-10(3)12(16-17-18)9(2)15-4/h5-7,9,15H,1-4H3. The van der Waals surface area contributed by atoms with Gasteiger partial charge in [-0.05, 0) is 39.4 Å². The average molecular weight is 248 g/mol. The lowest BCUT2D eigenvalue weighted by molar-refractivity contribution is 0.602. The molecule has 1 atom stereocenters. The first kappa shape index (κ1) is 12.7. The number of halogens is 1. The van der Waals surface area contributed by atoms with Gasteiger partial charge in [0.15, 0.2) is 0 Å². The van der Waals surface area contributed by atoms with E-state index in [1.807, 2.05) is 33.9 Å². The first-order chi connectivity index (χ1) is 8.56. The molecule has 2 aromatic rings. The van der Waals surface area contributed by atoms with E-state index in [0.29, 0.717) is 5.69 Å². The van der Waals surface area contributed by atoms with Gasteiger partial charge in [0.2, 0.25) is 0 Å². The van der Waals surface area contributed by atoms with Crippen LogP contribution in [0.2, 0.25) is 0 Å². The number of hydrogen-bond acceptors (Lipinski definition) is 3. The molecule has 0 saturated carbocycles. The quantitative estimate of drug-likeness (QED) is 0.906. The maximum atomic E-state index is 13.9. The number of nitrogens with zero attached hydrogens (tertiary/aromatic N) is 3. The van der Waals surface area contributed by atoms with Gasteiger partial charge in [-0.15, -0.1) is 5.10 Å². The molecule has 1 heterocycles. The summed E-state index contributed by atoms with van der Waals surface area (Å²) in [7, 11) is 1.86. The molecule has 1 unspecified atom stereocenters. The van der Waals surface area contributed by atoms with Crippen molar-refractivity contribution in [1.29, 1.82) is 0 Å². The Bertz CT molecular complexity index is 542. The van der Waals surface area contributed by atoms with Crippen LogP contribution in [0.4, 0.5) is 4.39 Å². The lowest BCUT2D eigenvalue weighted by Gasteiger charge is -2.10. The average Bonchev–Trinajstić information content (AvgIpc) is 2.71. The number of rotatable bonds is 3. The minimum absolute atomic E-state index is 0.0887. The van der Waals surface area contributed by atoms with Crippen LogP contribution >= 0.6 is 0 Å².